The minimum absolute atomic E-state index is 0.00264. The summed E-state index contributed by atoms with van der Waals surface area (Å²) in [7, 11) is 3.08. The number of hydrogen-bond donors (Lipinski definition) is 0. The van der Waals surface area contributed by atoms with Crippen LogP contribution in [0, 0.1) is 6.92 Å². The summed E-state index contributed by atoms with van der Waals surface area (Å²) in [5, 5.41) is 1.12. The van der Waals surface area contributed by atoms with Crippen LogP contribution in [0.4, 0.5) is 0 Å². The lowest BCUT2D eigenvalue weighted by molar-refractivity contribution is 0.102. The minimum atomic E-state index is 0.00264. The number of aryl methyl sites for hydroxylation is 1. The van der Waals surface area contributed by atoms with Gasteiger partial charge in [-0.3, -0.25) is 4.79 Å². The number of rotatable bonds is 4. The molecule has 0 unspecified atom stereocenters. The molecule has 0 saturated heterocycles. The Hall–Kier alpha value is -1.59. The van der Waals surface area contributed by atoms with E-state index in [1.807, 2.05) is 13.0 Å². The van der Waals surface area contributed by atoms with E-state index in [-0.39, 0.29) is 5.78 Å². The van der Waals surface area contributed by atoms with Crippen molar-refractivity contribution in [2.75, 3.05) is 14.2 Å². The van der Waals surface area contributed by atoms with Crippen molar-refractivity contribution >= 4 is 28.7 Å². The zero-order valence-corrected chi connectivity index (χ0v) is 13.2. The third-order valence-corrected chi connectivity index (χ3v) is 4.50. The summed E-state index contributed by atoms with van der Waals surface area (Å²) in [5.41, 5.74) is 1.44. The smallest absolute Gasteiger partial charge is 0.180 e. The molecule has 6 heteroatoms. The van der Waals surface area contributed by atoms with Crippen LogP contribution >= 0.6 is 22.9 Å². The third-order valence-electron chi connectivity index (χ3n) is 2.83. The second-order valence-electron chi connectivity index (χ2n) is 4.15. The van der Waals surface area contributed by atoms with Crippen LogP contribution in [0.1, 0.15) is 22.3 Å². The van der Waals surface area contributed by atoms with E-state index in [0.29, 0.717) is 32.1 Å². The van der Waals surface area contributed by atoms with Crippen molar-refractivity contribution < 1.29 is 14.3 Å². The maximum Gasteiger partial charge on any atom is 0.180 e. The molecule has 0 saturated carbocycles. The lowest BCUT2D eigenvalue weighted by Crippen LogP contribution is -1.92. The first kappa shape index (κ1) is 14.8. The normalized spacial score (nSPS) is 10.4. The maximum absolute atomic E-state index is 11.5. The van der Waals surface area contributed by atoms with E-state index >= 15 is 0 Å². The molecule has 0 aliphatic rings. The molecule has 0 spiro atoms. The van der Waals surface area contributed by atoms with Crippen LogP contribution in [-0.2, 0) is 0 Å². The van der Waals surface area contributed by atoms with Gasteiger partial charge >= 0.3 is 0 Å². The number of ketones is 1. The van der Waals surface area contributed by atoms with Gasteiger partial charge in [0.2, 0.25) is 0 Å². The van der Waals surface area contributed by atoms with Crippen LogP contribution in [0.3, 0.4) is 0 Å². The van der Waals surface area contributed by atoms with Crippen LogP contribution < -0.4 is 9.47 Å². The zero-order chi connectivity index (χ0) is 14.9. The number of carbonyl (C=O) groups excluding carboxylic acids is 1. The van der Waals surface area contributed by atoms with Crippen molar-refractivity contribution in [1.82, 2.24) is 4.98 Å². The van der Waals surface area contributed by atoms with Crippen LogP contribution in [0.2, 0.25) is 5.02 Å². The Kier molecular flexibility index (Phi) is 4.30. The Morgan fingerprint density at radius 1 is 1.30 bits per heavy atom. The highest BCUT2D eigenvalue weighted by atomic mass is 35.5. The number of nitrogens with zero attached hydrogens (tertiary/aromatic N) is 1. The summed E-state index contributed by atoms with van der Waals surface area (Å²) in [5.74, 6) is 1.02. The number of aromatic nitrogens is 1. The monoisotopic (exact) mass is 311 g/mol. The number of Topliss-reactive ketones (excluding diaryl/α,β-unsaturated/α-hetero) is 1. The fraction of sp³-hybridized carbons (Fsp3) is 0.286. The van der Waals surface area contributed by atoms with E-state index < -0.39 is 0 Å². The molecule has 1 aromatic heterocycles. The number of halogens is 1. The molecule has 0 aliphatic carbocycles. The molecule has 1 aromatic carbocycles. The molecule has 0 amide bonds. The standard InChI is InChI=1S/C14H14ClNO3S/c1-7-13(8(2)17)20-14(16-7)9-5-6-10(18-3)12(19-4)11(9)15/h5-6H,1-4H3. The van der Waals surface area contributed by atoms with Gasteiger partial charge in [0.15, 0.2) is 17.3 Å². The Balaban J connectivity index is 2.59. The summed E-state index contributed by atoms with van der Waals surface area (Å²) in [6, 6.07) is 3.58. The molecule has 0 aliphatic heterocycles. The molecule has 106 valence electrons. The fourth-order valence-electron chi connectivity index (χ4n) is 1.89. The molecule has 0 atom stereocenters. The number of carbonyl (C=O) groups is 1. The van der Waals surface area contributed by atoms with Gasteiger partial charge in [-0.05, 0) is 19.1 Å². The molecule has 1 heterocycles. The maximum atomic E-state index is 11.5. The summed E-state index contributed by atoms with van der Waals surface area (Å²) in [6.07, 6.45) is 0. The highest BCUT2D eigenvalue weighted by molar-refractivity contribution is 7.17. The van der Waals surface area contributed by atoms with E-state index in [2.05, 4.69) is 4.98 Å². The van der Waals surface area contributed by atoms with Crippen LogP contribution in [0.25, 0.3) is 10.6 Å². The summed E-state index contributed by atoms with van der Waals surface area (Å²) < 4.78 is 10.5. The van der Waals surface area contributed by atoms with E-state index in [4.69, 9.17) is 21.1 Å². The van der Waals surface area contributed by atoms with E-state index in [1.165, 1.54) is 25.4 Å². The topological polar surface area (TPSA) is 48.4 Å². The second kappa shape index (κ2) is 5.81. The van der Waals surface area contributed by atoms with Gasteiger partial charge in [0.05, 0.1) is 29.8 Å². The van der Waals surface area contributed by atoms with Crippen molar-refractivity contribution in [3.8, 4) is 22.1 Å². The first-order valence-electron chi connectivity index (χ1n) is 5.88. The van der Waals surface area contributed by atoms with Gasteiger partial charge in [-0.2, -0.15) is 0 Å². The second-order valence-corrected chi connectivity index (χ2v) is 5.53. The van der Waals surface area contributed by atoms with Gasteiger partial charge < -0.3 is 9.47 Å². The number of methoxy groups -OCH3 is 2. The Morgan fingerprint density at radius 2 is 2.00 bits per heavy atom. The van der Waals surface area contributed by atoms with Gasteiger partial charge in [-0.25, -0.2) is 4.98 Å². The lowest BCUT2D eigenvalue weighted by atomic mass is 10.2. The van der Waals surface area contributed by atoms with Gasteiger partial charge in [0.25, 0.3) is 0 Å². The molecule has 20 heavy (non-hydrogen) atoms. The molecular formula is C14H14ClNO3S. The highest BCUT2D eigenvalue weighted by Gasteiger charge is 2.19. The van der Waals surface area contributed by atoms with Crippen molar-refractivity contribution in [3.05, 3.63) is 27.7 Å². The quantitative estimate of drug-likeness (QED) is 0.801. The summed E-state index contributed by atoms with van der Waals surface area (Å²) in [6.45, 7) is 3.34. The molecule has 0 radical (unpaired) electrons. The summed E-state index contributed by atoms with van der Waals surface area (Å²) in [4.78, 5) is 16.6. The Labute approximate surface area is 126 Å². The first-order chi connectivity index (χ1) is 9.49. The fourth-order valence-corrected chi connectivity index (χ4v) is 3.26. The number of benzene rings is 1. The lowest BCUT2D eigenvalue weighted by Gasteiger charge is -2.11. The Morgan fingerprint density at radius 3 is 2.50 bits per heavy atom. The molecule has 4 nitrogen and oxygen atoms in total. The average molecular weight is 312 g/mol. The van der Waals surface area contributed by atoms with E-state index in [0.717, 1.165) is 5.56 Å². The molecule has 2 rings (SSSR count). The number of thiazole rings is 1. The van der Waals surface area contributed by atoms with Gasteiger partial charge in [-0.1, -0.05) is 11.6 Å². The van der Waals surface area contributed by atoms with Crippen molar-refractivity contribution in [1.29, 1.82) is 0 Å². The van der Waals surface area contributed by atoms with Crippen LogP contribution in [-0.4, -0.2) is 25.0 Å². The largest absolute Gasteiger partial charge is 0.493 e. The average Bonchev–Trinajstić information content (AvgIpc) is 2.80. The van der Waals surface area contributed by atoms with E-state index in [9.17, 15) is 4.79 Å². The van der Waals surface area contributed by atoms with Crippen LogP contribution in [0.5, 0.6) is 11.5 Å². The molecule has 0 bridgehead atoms. The van der Waals surface area contributed by atoms with Crippen LogP contribution in [0.15, 0.2) is 12.1 Å². The highest BCUT2D eigenvalue weighted by Crippen LogP contribution is 2.43. The van der Waals surface area contributed by atoms with Gasteiger partial charge in [-0.15, -0.1) is 11.3 Å². The third kappa shape index (κ3) is 2.51. The zero-order valence-electron chi connectivity index (χ0n) is 11.6. The molecule has 0 fully saturated rings. The molecule has 0 N–H and O–H groups in total. The van der Waals surface area contributed by atoms with Gasteiger partial charge in [0, 0.05) is 12.5 Å². The van der Waals surface area contributed by atoms with Crippen molar-refractivity contribution in [3.63, 3.8) is 0 Å². The SMILES string of the molecule is COc1ccc(-c2nc(C)c(C(C)=O)s2)c(Cl)c1OC. The predicted molar refractivity (Wildman–Crippen MR) is 80.4 cm³/mol. The Bertz CT molecular complexity index is 667. The number of hydrogen-bond acceptors (Lipinski definition) is 5. The van der Waals surface area contributed by atoms with Crippen molar-refractivity contribution in [2.45, 2.75) is 13.8 Å². The van der Waals surface area contributed by atoms with Gasteiger partial charge in [0.1, 0.15) is 5.01 Å². The predicted octanol–water partition coefficient (Wildman–Crippen LogP) is 3.99. The first-order valence-corrected chi connectivity index (χ1v) is 7.08. The minimum Gasteiger partial charge on any atom is -0.493 e. The molecular weight excluding hydrogens is 298 g/mol. The van der Waals surface area contributed by atoms with Crippen molar-refractivity contribution in [2.24, 2.45) is 0 Å². The molecule has 2 aromatic rings. The van der Waals surface area contributed by atoms with E-state index in [1.54, 1.807) is 13.2 Å². The number of ether oxygens (including phenoxy) is 2. The summed E-state index contributed by atoms with van der Waals surface area (Å²) >= 11 is 7.67.